The Kier molecular flexibility index (Phi) is 4.57. The van der Waals surface area contributed by atoms with Crippen LogP contribution in [-0.2, 0) is 0 Å². The molecule has 0 unspecified atom stereocenters. The van der Waals surface area contributed by atoms with Crippen LogP contribution >= 0.6 is 0 Å². The summed E-state index contributed by atoms with van der Waals surface area (Å²) in [6.07, 6.45) is 0. The number of hydrogen-bond acceptors (Lipinski definition) is 8. The fourth-order valence-corrected chi connectivity index (χ4v) is 1.40. The monoisotopic (exact) mass is 271 g/mol. The van der Waals surface area contributed by atoms with Crippen molar-refractivity contribution in [2.75, 3.05) is 30.9 Å². The van der Waals surface area contributed by atoms with E-state index >= 15 is 0 Å². The molecule has 106 valence electrons. The maximum atomic E-state index is 11.0. The molecule has 0 aliphatic rings. The Labute approximate surface area is 109 Å². The van der Waals surface area contributed by atoms with E-state index in [1.165, 1.54) is 13.8 Å². The van der Waals surface area contributed by atoms with Crippen LogP contribution in [0.25, 0.3) is 0 Å². The minimum absolute atomic E-state index is 0.0487. The fourth-order valence-electron chi connectivity index (χ4n) is 1.40. The van der Waals surface area contributed by atoms with Crippen LogP contribution in [0, 0.1) is 17.0 Å². The molecule has 19 heavy (non-hydrogen) atoms. The Morgan fingerprint density at radius 2 is 1.95 bits per heavy atom. The maximum absolute atomic E-state index is 11.0. The third-order valence-electron chi connectivity index (χ3n) is 2.58. The number of aliphatic hydroxyl groups excluding tert-OH is 2. The number of aryl methyl sites for hydroxylation is 1. The zero-order chi connectivity index (χ0) is 14.6. The normalized spacial score (nSPS) is 11.2. The molecule has 9 heteroatoms. The lowest BCUT2D eigenvalue weighted by molar-refractivity contribution is -0.385. The average Bonchev–Trinajstić information content (AvgIpc) is 2.37. The van der Waals surface area contributed by atoms with Crippen LogP contribution in [0.1, 0.15) is 12.6 Å². The second-order valence-corrected chi connectivity index (χ2v) is 4.34. The Bertz CT molecular complexity index is 475. The smallest absolute Gasteiger partial charge is 0.332 e. The summed E-state index contributed by atoms with van der Waals surface area (Å²) in [5.74, 6) is 0.163. The van der Waals surface area contributed by atoms with Gasteiger partial charge < -0.3 is 20.8 Å². The van der Waals surface area contributed by atoms with E-state index in [1.54, 1.807) is 7.05 Å². The highest BCUT2D eigenvalue weighted by Gasteiger charge is 2.29. The summed E-state index contributed by atoms with van der Waals surface area (Å²) in [5.41, 5.74) is -1.21. The Balaban J connectivity index is 3.31. The first-order valence-corrected chi connectivity index (χ1v) is 5.57. The van der Waals surface area contributed by atoms with Crippen LogP contribution in [0.3, 0.4) is 0 Å². The van der Waals surface area contributed by atoms with E-state index in [2.05, 4.69) is 20.6 Å². The first-order valence-electron chi connectivity index (χ1n) is 5.57. The lowest BCUT2D eigenvalue weighted by Gasteiger charge is -2.26. The number of rotatable bonds is 6. The van der Waals surface area contributed by atoms with Gasteiger partial charge in [0.2, 0.25) is 11.8 Å². The van der Waals surface area contributed by atoms with Crippen LogP contribution in [0.5, 0.6) is 0 Å². The minimum Gasteiger partial charge on any atom is -0.394 e. The van der Waals surface area contributed by atoms with Crippen molar-refractivity contribution in [3.05, 3.63) is 15.8 Å². The van der Waals surface area contributed by atoms with Crippen LogP contribution < -0.4 is 10.6 Å². The summed E-state index contributed by atoms with van der Waals surface area (Å²) in [6.45, 7) is 2.20. The van der Waals surface area contributed by atoms with Crippen LogP contribution in [0.2, 0.25) is 0 Å². The second-order valence-electron chi connectivity index (χ2n) is 4.34. The lowest BCUT2D eigenvalue weighted by Crippen LogP contribution is -2.43. The van der Waals surface area contributed by atoms with Gasteiger partial charge in [-0.25, -0.2) is 4.98 Å². The summed E-state index contributed by atoms with van der Waals surface area (Å²) >= 11 is 0. The van der Waals surface area contributed by atoms with Crippen molar-refractivity contribution in [3.8, 4) is 0 Å². The first-order chi connectivity index (χ1) is 8.86. The molecule has 1 rings (SSSR count). The molecule has 1 aromatic heterocycles. The highest BCUT2D eigenvalue weighted by Crippen LogP contribution is 2.28. The number of hydrogen-bond donors (Lipinski definition) is 4. The Morgan fingerprint density at radius 1 is 1.37 bits per heavy atom. The molecule has 0 saturated heterocycles. The van der Waals surface area contributed by atoms with E-state index < -0.39 is 23.7 Å². The first kappa shape index (κ1) is 15.1. The number of nitrogens with zero attached hydrogens (tertiary/aromatic N) is 3. The molecule has 4 N–H and O–H groups in total. The van der Waals surface area contributed by atoms with Gasteiger partial charge in [-0.1, -0.05) is 0 Å². The molecule has 0 spiro atoms. The number of nitro groups is 1. The Morgan fingerprint density at radius 3 is 2.37 bits per heavy atom. The van der Waals surface area contributed by atoms with E-state index in [1.807, 2.05) is 0 Å². The van der Waals surface area contributed by atoms with Crippen molar-refractivity contribution in [1.82, 2.24) is 9.97 Å². The van der Waals surface area contributed by atoms with Gasteiger partial charge in [-0.15, -0.1) is 0 Å². The van der Waals surface area contributed by atoms with Gasteiger partial charge in [0.1, 0.15) is 5.69 Å². The van der Waals surface area contributed by atoms with Gasteiger partial charge in [-0.05, 0) is 13.8 Å². The molecular weight excluding hydrogens is 254 g/mol. The molecule has 0 amide bonds. The number of nitrogens with one attached hydrogen (secondary N) is 2. The average molecular weight is 271 g/mol. The highest BCUT2D eigenvalue weighted by atomic mass is 16.6. The van der Waals surface area contributed by atoms with Gasteiger partial charge in [0.15, 0.2) is 0 Å². The summed E-state index contributed by atoms with van der Waals surface area (Å²) in [6, 6.07) is 0. The standard InChI is InChI=1S/C10H17N5O4/c1-6-7(15(18)19)8(13-9(11-3)12-6)14-10(2,4-16)5-17/h16-17H,4-5H2,1-3H3,(H2,11,12,13,14). The number of aromatic nitrogens is 2. The van der Waals surface area contributed by atoms with Crippen molar-refractivity contribution < 1.29 is 15.1 Å². The summed E-state index contributed by atoms with van der Waals surface area (Å²) < 4.78 is 0. The van der Waals surface area contributed by atoms with Crippen LogP contribution in [-0.4, -0.2) is 50.9 Å². The topological polar surface area (TPSA) is 133 Å². The van der Waals surface area contributed by atoms with Crippen molar-refractivity contribution in [1.29, 1.82) is 0 Å². The largest absolute Gasteiger partial charge is 0.394 e. The summed E-state index contributed by atoms with van der Waals surface area (Å²) in [4.78, 5) is 18.3. The molecule has 0 fully saturated rings. The van der Waals surface area contributed by atoms with E-state index in [0.717, 1.165) is 0 Å². The molecule has 0 bridgehead atoms. The van der Waals surface area contributed by atoms with E-state index in [9.17, 15) is 20.3 Å². The highest BCUT2D eigenvalue weighted by molar-refractivity contribution is 5.61. The molecule has 9 nitrogen and oxygen atoms in total. The zero-order valence-electron chi connectivity index (χ0n) is 11.0. The predicted octanol–water partition coefficient (Wildman–Crippen LogP) is -0.110. The number of anilines is 2. The minimum atomic E-state index is -1.11. The Hall–Kier alpha value is -2.00. The van der Waals surface area contributed by atoms with Crippen LogP contribution in [0.15, 0.2) is 0 Å². The summed E-state index contributed by atoms with van der Waals surface area (Å²) in [5, 5.41) is 34.9. The molecule has 0 aliphatic heterocycles. The van der Waals surface area contributed by atoms with Crippen molar-refractivity contribution in [2.45, 2.75) is 19.4 Å². The molecule has 1 heterocycles. The second kappa shape index (κ2) is 5.76. The van der Waals surface area contributed by atoms with Crippen molar-refractivity contribution in [2.24, 2.45) is 0 Å². The van der Waals surface area contributed by atoms with Crippen LogP contribution in [0.4, 0.5) is 17.5 Å². The maximum Gasteiger partial charge on any atom is 0.332 e. The molecule has 1 aromatic rings. The predicted molar refractivity (Wildman–Crippen MR) is 69.2 cm³/mol. The lowest BCUT2D eigenvalue weighted by atomic mass is 10.1. The van der Waals surface area contributed by atoms with E-state index in [4.69, 9.17) is 0 Å². The number of aliphatic hydroxyl groups is 2. The van der Waals surface area contributed by atoms with Gasteiger partial charge >= 0.3 is 5.69 Å². The van der Waals surface area contributed by atoms with Gasteiger partial charge in [-0.2, -0.15) is 4.98 Å². The van der Waals surface area contributed by atoms with Gasteiger partial charge in [0.05, 0.1) is 23.7 Å². The van der Waals surface area contributed by atoms with Gasteiger partial charge in [-0.3, -0.25) is 10.1 Å². The van der Waals surface area contributed by atoms with Crippen molar-refractivity contribution >= 4 is 17.5 Å². The molecule has 0 atom stereocenters. The fraction of sp³-hybridized carbons (Fsp3) is 0.600. The zero-order valence-corrected chi connectivity index (χ0v) is 11.0. The third-order valence-corrected chi connectivity index (χ3v) is 2.58. The van der Waals surface area contributed by atoms with E-state index in [-0.39, 0.29) is 23.1 Å². The van der Waals surface area contributed by atoms with E-state index in [0.29, 0.717) is 0 Å². The third kappa shape index (κ3) is 3.26. The quantitative estimate of drug-likeness (QED) is 0.416. The van der Waals surface area contributed by atoms with Crippen molar-refractivity contribution in [3.63, 3.8) is 0 Å². The van der Waals surface area contributed by atoms with Gasteiger partial charge in [0.25, 0.3) is 0 Å². The molecular formula is C10H17N5O4. The SMILES string of the molecule is CNc1nc(C)c([N+](=O)[O-])c(NC(C)(CO)CO)n1. The molecule has 0 radical (unpaired) electrons. The summed E-state index contributed by atoms with van der Waals surface area (Å²) in [7, 11) is 1.58. The molecule has 0 saturated carbocycles. The molecule has 0 aliphatic carbocycles. The van der Waals surface area contributed by atoms with Gasteiger partial charge in [0, 0.05) is 7.05 Å². The molecule has 0 aromatic carbocycles.